The quantitative estimate of drug-likeness (QED) is 0.751. The first-order valence-corrected chi connectivity index (χ1v) is 7.33. The Morgan fingerprint density at radius 1 is 0.833 bits per heavy atom. The molecule has 0 amide bonds. The third-order valence-corrected chi connectivity index (χ3v) is 4.60. The molecule has 2 aliphatic rings. The van der Waals surface area contributed by atoms with Gasteiger partial charge in [-0.3, -0.25) is 14.7 Å². The van der Waals surface area contributed by atoms with Gasteiger partial charge in [0.1, 0.15) is 0 Å². The highest BCUT2D eigenvalue weighted by Crippen LogP contribution is 2.23. The second-order valence-electron chi connectivity index (χ2n) is 6.21. The normalized spacial score (nSPS) is 25.8. The molecule has 0 aromatic carbocycles. The number of piperazine rings is 1. The number of ether oxygens (including phenoxy) is 1. The van der Waals surface area contributed by atoms with Crippen LogP contribution in [-0.4, -0.2) is 78.9 Å². The van der Waals surface area contributed by atoms with E-state index in [-0.39, 0.29) is 5.66 Å². The molecule has 0 saturated carbocycles. The summed E-state index contributed by atoms with van der Waals surface area (Å²) in [4.78, 5) is 7.78. The first-order chi connectivity index (χ1) is 8.51. The Morgan fingerprint density at radius 3 is 1.83 bits per heavy atom. The predicted octanol–water partition coefficient (Wildman–Crippen LogP) is 1.08. The van der Waals surface area contributed by atoms with Gasteiger partial charge in [-0.2, -0.15) is 0 Å². The van der Waals surface area contributed by atoms with Gasteiger partial charge >= 0.3 is 0 Å². The zero-order chi connectivity index (χ0) is 13.2. The Morgan fingerprint density at radius 2 is 1.33 bits per heavy atom. The Labute approximate surface area is 112 Å². The van der Waals surface area contributed by atoms with Crippen LogP contribution in [0.25, 0.3) is 0 Å². The van der Waals surface area contributed by atoms with Crippen molar-refractivity contribution in [1.82, 2.24) is 14.7 Å². The topological polar surface area (TPSA) is 19.0 Å². The molecule has 0 aliphatic carbocycles. The Hall–Kier alpha value is -0.160. The van der Waals surface area contributed by atoms with Gasteiger partial charge in [0, 0.05) is 45.3 Å². The lowest BCUT2D eigenvalue weighted by molar-refractivity contribution is -0.0962. The molecule has 4 heteroatoms. The molecule has 0 bridgehead atoms. The third-order valence-electron chi connectivity index (χ3n) is 4.60. The average Bonchev–Trinajstić information content (AvgIpc) is 2.40. The molecule has 0 aromatic heterocycles. The lowest BCUT2D eigenvalue weighted by Crippen LogP contribution is -2.64. The van der Waals surface area contributed by atoms with E-state index in [1.165, 1.54) is 26.2 Å². The minimum absolute atomic E-state index is 0.173. The van der Waals surface area contributed by atoms with Crippen molar-refractivity contribution in [3.63, 3.8) is 0 Å². The summed E-state index contributed by atoms with van der Waals surface area (Å²) in [5, 5.41) is 0. The van der Waals surface area contributed by atoms with Gasteiger partial charge in [0.15, 0.2) is 0 Å². The van der Waals surface area contributed by atoms with Crippen molar-refractivity contribution in [3.05, 3.63) is 0 Å². The van der Waals surface area contributed by atoms with Crippen LogP contribution in [0.15, 0.2) is 0 Å². The van der Waals surface area contributed by atoms with E-state index >= 15 is 0 Å². The van der Waals surface area contributed by atoms with Crippen molar-refractivity contribution < 1.29 is 4.74 Å². The van der Waals surface area contributed by atoms with Gasteiger partial charge in [-0.25, -0.2) is 0 Å². The molecule has 0 radical (unpaired) electrons. The highest BCUT2D eigenvalue weighted by atomic mass is 16.5. The predicted molar refractivity (Wildman–Crippen MR) is 74.8 cm³/mol. The van der Waals surface area contributed by atoms with Crippen molar-refractivity contribution in [2.24, 2.45) is 0 Å². The van der Waals surface area contributed by atoms with Gasteiger partial charge < -0.3 is 4.74 Å². The van der Waals surface area contributed by atoms with Gasteiger partial charge in [0.2, 0.25) is 0 Å². The second-order valence-corrected chi connectivity index (χ2v) is 6.21. The van der Waals surface area contributed by atoms with Crippen molar-refractivity contribution in [1.29, 1.82) is 0 Å². The van der Waals surface area contributed by atoms with E-state index in [0.717, 1.165) is 26.3 Å². The fourth-order valence-corrected chi connectivity index (χ4v) is 3.10. The summed E-state index contributed by atoms with van der Waals surface area (Å²) in [6.45, 7) is 18.0. The minimum Gasteiger partial charge on any atom is -0.379 e. The van der Waals surface area contributed by atoms with Gasteiger partial charge in [-0.1, -0.05) is 0 Å². The van der Waals surface area contributed by atoms with E-state index in [4.69, 9.17) is 4.74 Å². The molecule has 2 fully saturated rings. The third kappa shape index (κ3) is 3.05. The largest absolute Gasteiger partial charge is 0.379 e. The fourth-order valence-electron chi connectivity index (χ4n) is 3.10. The van der Waals surface area contributed by atoms with Gasteiger partial charge in [-0.05, 0) is 27.7 Å². The molecule has 0 spiro atoms. The highest BCUT2D eigenvalue weighted by molar-refractivity contribution is 4.87. The van der Waals surface area contributed by atoms with Gasteiger partial charge in [0.05, 0.1) is 18.9 Å². The molecule has 2 heterocycles. The van der Waals surface area contributed by atoms with Crippen LogP contribution in [0.5, 0.6) is 0 Å². The zero-order valence-corrected chi connectivity index (χ0v) is 12.5. The Balaban J connectivity index is 1.90. The lowest BCUT2D eigenvalue weighted by atomic mass is 10.1. The molecular formula is C14H29N3O. The van der Waals surface area contributed by atoms with E-state index in [2.05, 4.69) is 42.4 Å². The van der Waals surface area contributed by atoms with Crippen molar-refractivity contribution >= 4 is 0 Å². The lowest BCUT2D eigenvalue weighted by Gasteiger charge is -2.51. The zero-order valence-electron chi connectivity index (χ0n) is 12.5. The van der Waals surface area contributed by atoms with Crippen LogP contribution in [0.2, 0.25) is 0 Å². The van der Waals surface area contributed by atoms with E-state index in [1.54, 1.807) is 0 Å². The van der Waals surface area contributed by atoms with Crippen molar-refractivity contribution in [3.8, 4) is 0 Å². The molecule has 0 atom stereocenters. The van der Waals surface area contributed by atoms with Crippen LogP contribution in [0.4, 0.5) is 0 Å². The maximum absolute atomic E-state index is 5.46. The summed E-state index contributed by atoms with van der Waals surface area (Å²) in [7, 11) is 0. The molecule has 0 unspecified atom stereocenters. The summed E-state index contributed by atoms with van der Waals surface area (Å²) >= 11 is 0. The van der Waals surface area contributed by atoms with Crippen LogP contribution in [0.3, 0.4) is 0 Å². The van der Waals surface area contributed by atoms with Crippen LogP contribution in [-0.2, 0) is 4.74 Å². The second kappa shape index (κ2) is 5.87. The molecular weight excluding hydrogens is 226 g/mol. The monoisotopic (exact) mass is 255 g/mol. The van der Waals surface area contributed by atoms with E-state index < -0.39 is 0 Å². The molecule has 18 heavy (non-hydrogen) atoms. The first-order valence-electron chi connectivity index (χ1n) is 7.33. The van der Waals surface area contributed by atoms with Gasteiger partial charge in [-0.15, -0.1) is 0 Å². The molecule has 0 aromatic rings. The molecule has 4 nitrogen and oxygen atoms in total. The van der Waals surface area contributed by atoms with E-state index in [9.17, 15) is 0 Å². The maximum atomic E-state index is 5.46. The summed E-state index contributed by atoms with van der Waals surface area (Å²) in [6, 6.07) is 0.679. The summed E-state index contributed by atoms with van der Waals surface area (Å²) in [6.07, 6.45) is 0. The summed E-state index contributed by atoms with van der Waals surface area (Å²) in [5.74, 6) is 0. The summed E-state index contributed by atoms with van der Waals surface area (Å²) < 4.78 is 5.46. The SMILES string of the molecule is CC(C)N1CCN(C(C)(C)N2CCOCC2)CC1. The van der Waals surface area contributed by atoms with Crippen LogP contribution < -0.4 is 0 Å². The van der Waals surface area contributed by atoms with Crippen molar-refractivity contribution in [2.75, 3.05) is 52.5 Å². The van der Waals surface area contributed by atoms with Crippen molar-refractivity contribution in [2.45, 2.75) is 39.4 Å². The summed E-state index contributed by atoms with van der Waals surface area (Å²) in [5.41, 5.74) is 0.173. The molecule has 106 valence electrons. The Kier molecular flexibility index (Phi) is 4.64. The minimum atomic E-state index is 0.173. The Bertz CT molecular complexity index is 254. The van der Waals surface area contributed by atoms with Crippen LogP contribution in [0.1, 0.15) is 27.7 Å². The van der Waals surface area contributed by atoms with Gasteiger partial charge in [0.25, 0.3) is 0 Å². The number of hydrogen-bond acceptors (Lipinski definition) is 4. The molecule has 2 saturated heterocycles. The van der Waals surface area contributed by atoms with Crippen LogP contribution >= 0.6 is 0 Å². The van der Waals surface area contributed by atoms with Crippen LogP contribution in [0, 0.1) is 0 Å². The number of nitrogens with zero attached hydrogens (tertiary/aromatic N) is 3. The first kappa shape index (κ1) is 14.3. The standard InChI is InChI=1S/C14H29N3O/c1-13(2)15-5-7-16(8-6-15)14(3,4)17-9-11-18-12-10-17/h13H,5-12H2,1-4H3. The average molecular weight is 255 g/mol. The van der Waals surface area contributed by atoms with E-state index in [1.807, 2.05) is 0 Å². The molecule has 0 N–H and O–H groups in total. The fraction of sp³-hybridized carbons (Fsp3) is 1.00. The smallest absolute Gasteiger partial charge is 0.0682 e. The number of morpholine rings is 1. The molecule has 2 rings (SSSR count). The molecule has 2 aliphatic heterocycles. The van der Waals surface area contributed by atoms with E-state index in [0.29, 0.717) is 6.04 Å². The maximum Gasteiger partial charge on any atom is 0.0682 e. The number of rotatable bonds is 3. The number of hydrogen-bond donors (Lipinski definition) is 0. The highest BCUT2D eigenvalue weighted by Gasteiger charge is 2.35.